The number of aromatic nitrogens is 3. The van der Waals surface area contributed by atoms with E-state index in [9.17, 15) is 9.90 Å². The lowest BCUT2D eigenvalue weighted by Crippen LogP contribution is -2.20. The molecule has 1 amide bonds. The van der Waals surface area contributed by atoms with Gasteiger partial charge in [0.2, 0.25) is 0 Å². The predicted octanol–water partition coefficient (Wildman–Crippen LogP) is 4.64. The molecule has 0 unspecified atom stereocenters. The van der Waals surface area contributed by atoms with Crippen molar-refractivity contribution < 1.29 is 9.90 Å². The summed E-state index contributed by atoms with van der Waals surface area (Å²) < 4.78 is 2.90. The average Bonchev–Trinajstić information content (AvgIpc) is 3.24. The summed E-state index contributed by atoms with van der Waals surface area (Å²) >= 11 is 4.74. The average molecular weight is 508 g/mol. The molecule has 32 heavy (non-hydrogen) atoms. The summed E-state index contributed by atoms with van der Waals surface area (Å²) in [5.74, 6) is 0.723. The highest BCUT2D eigenvalue weighted by Crippen LogP contribution is 2.28. The second-order valence-electron chi connectivity index (χ2n) is 6.66. The Labute approximate surface area is 197 Å². The van der Waals surface area contributed by atoms with Crippen molar-refractivity contribution in [3.63, 3.8) is 0 Å². The van der Waals surface area contributed by atoms with Crippen molar-refractivity contribution in [2.24, 2.45) is 5.10 Å². The lowest BCUT2D eigenvalue weighted by molar-refractivity contribution is -0.118. The number of nitrogens with one attached hydrogen (secondary N) is 1. The van der Waals surface area contributed by atoms with E-state index in [2.05, 4.69) is 36.7 Å². The van der Waals surface area contributed by atoms with Gasteiger partial charge in [-0.25, -0.2) is 5.43 Å². The zero-order valence-corrected chi connectivity index (χ0v) is 19.1. The van der Waals surface area contributed by atoms with Crippen LogP contribution < -0.4 is 5.43 Å². The van der Waals surface area contributed by atoms with E-state index in [4.69, 9.17) is 0 Å². The largest absolute Gasteiger partial charge is 0.508 e. The first kappa shape index (κ1) is 21.8. The van der Waals surface area contributed by atoms with Crippen LogP contribution in [-0.4, -0.2) is 37.7 Å². The van der Waals surface area contributed by atoms with Crippen LogP contribution in [0.2, 0.25) is 0 Å². The SMILES string of the molecule is O=C(CSc1nnc(-c2ccccc2)n1-c1ccc(Br)cc1)N/N=C/c1ccc(O)cc1. The van der Waals surface area contributed by atoms with Crippen molar-refractivity contribution >= 4 is 39.8 Å². The number of carbonyl (C=O) groups excluding carboxylic acids is 1. The van der Waals surface area contributed by atoms with E-state index >= 15 is 0 Å². The number of halogens is 1. The molecule has 0 aliphatic rings. The van der Waals surface area contributed by atoms with Crippen LogP contribution in [0.15, 0.2) is 93.6 Å². The van der Waals surface area contributed by atoms with Crippen LogP contribution in [0.3, 0.4) is 0 Å². The Morgan fingerprint density at radius 2 is 1.75 bits per heavy atom. The van der Waals surface area contributed by atoms with Crippen molar-refractivity contribution in [2.75, 3.05) is 5.75 Å². The number of hydrogen-bond acceptors (Lipinski definition) is 6. The van der Waals surface area contributed by atoms with E-state index in [1.807, 2.05) is 59.2 Å². The molecule has 0 spiro atoms. The topological polar surface area (TPSA) is 92.4 Å². The van der Waals surface area contributed by atoms with Crippen molar-refractivity contribution in [3.8, 4) is 22.8 Å². The zero-order chi connectivity index (χ0) is 22.3. The van der Waals surface area contributed by atoms with E-state index in [-0.39, 0.29) is 17.4 Å². The molecule has 1 heterocycles. The minimum atomic E-state index is -0.267. The summed E-state index contributed by atoms with van der Waals surface area (Å²) in [6, 6.07) is 24.1. The molecule has 0 radical (unpaired) electrons. The van der Waals surface area contributed by atoms with E-state index < -0.39 is 0 Å². The van der Waals surface area contributed by atoms with Crippen molar-refractivity contribution in [1.82, 2.24) is 20.2 Å². The monoisotopic (exact) mass is 507 g/mol. The number of nitrogens with zero attached hydrogens (tertiary/aromatic N) is 4. The molecule has 0 aliphatic carbocycles. The molecule has 0 atom stereocenters. The summed E-state index contributed by atoms with van der Waals surface area (Å²) in [6.07, 6.45) is 1.51. The fourth-order valence-electron chi connectivity index (χ4n) is 2.86. The fourth-order valence-corrected chi connectivity index (χ4v) is 3.87. The van der Waals surface area contributed by atoms with Gasteiger partial charge >= 0.3 is 0 Å². The molecule has 0 bridgehead atoms. The molecular weight excluding hydrogens is 490 g/mol. The summed E-state index contributed by atoms with van der Waals surface area (Å²) in [7, 11) is 0. The van der Waals surface area contributed by atoms with Gasteiger partial charge < -0.3 is 5.11 Å². The van der Waals surface area contributed by atoms with Gasteiger partial charge in [0, 0.05) is 15.7 Å². The van der Waals surface area contributed by atoms with Crippen LogP contribution in [0, 0.1) is 0 Å². The number of carbonyl (C=O) groups is 1. The Kier molecular flexibility index (Phi) is 6.98. The third kappa shape index (κ3) is 5.43. The number of thioether (sulfide) groups is 1. The molecule has 3 aromatic carbocycles. The van der Waals surface area contributed by atoms with Crippen molar-refractivity contribution in [1.29, 1.82) is 0 Å². The number of hydrogen-bond donors (Lipinski definition) is 2. The molecule has 0 saturated carbocycles. The van der Waals surface area contributed by atoms with Gasteiger partial charge in [-0.1, -0.05) is 58.0 Å². The van der Waals surface area contributed by atoms with Crippen molar-refractivity contribution in [3.05, 3.63) is 88.9 Å². The van der Waals surface area contributed by atoms with E-state index in [1.54, 1.807) is 24.3 Å². The van der Waals surface area contributed by atoms with Gasteiger partial charge in [0.15, 0.2) is 11.0 Å². The number of phenolic OH excluding ortho intramolecular Hbond substituents is 1. The van der Waals surface area contributed by atoms with E-state index in [0.29, 0.717) is 11.0 Å². The zero-order valence-electron chi connectivity index (χ0n) is 16.7. The maximum Gasteiger partial charge on any atom is 0.250 e. The van der Waals surface area contributed by atoms with Crippen LogP contribution in [0.5, 0.6) is 5.75 Å². The molecule has 2 N–H and O–H groups in total. The number of hydrazone groups is 1. The molecule has 0 fully saturated rings. The summed E-state index contributed by atoms with van der Waals surface area (Å²) in [4.78, 5) is 12.3. The third-order valence-electron chi connectivity index (χ3n) is 4.38. The second-order valence-corrected chi connectivity index (χ2v) is 8.52. The van der Waals surface area contributed by atoms with Crippen LogP contribution in [0.25, 0.3) is 17.1 Å². The van der Waals surface area contributed by atoms with Crippen LogP contribution in [0.4, 0.5) is 0 Å². The Balaban J connectivity index is 1.49. The number of rotatable bonds is 7. The first-order valence-corrected chi connectivity index (χ1v) is 11.4. The predicted molar refractivity (Wildman–Crippen MR) is 129 cm³/mol. The molecule has 0 aliphatic heterocycles. The fraction of sp³-hybridized carbons (Fsp3) is 0.0435. The second kappa shape index (κ2) is 10.3. The van der Waals surface area contributed by atoms with E-state index in [1.165, 1.54) is 18.0 Å². The number of phenols is 1. The van der Waals surface area contributed by atoms with Crippen molar-refractivity contribution in [2.45, 2.75) is 5.16 Å². The maximum atomic E-state index is 12.3. The number of amides is 1. The minimum absolute atomic E-state index is 0.121. The molecule has 160 valence electrons. The number of benzene rings is 3. The standard InChI is InChI=1S/C23H18BrN5O2S/c24-18-8-10-19(11-9-18)29-22(17-4-2-1-3-5-17)27-28-23(29)32-15-21(31)26-25-14-16-6-12-20(30)13-7-16/h1-14,30H,15H2,(H,26,31)/b25-14+. The lowest BCUT2D eigenvalue weighted by Gasteiger charge is -2.10. The first-order chi connectivity index (χ1) is 15.6. The molecule has 9 heteroatoms. The van der Waals surface area contributed by atoms with Gasteiger partial charge in [-0.2, -0.15) is 5.10 Å². The Morgan fingerprint density at radius 3 is 2.47 bits per heavy atom. The smallest absolute Gasteiger partial charge is 0.250 e. The van der Waals surface area contributed by atoms with Gasteiger partial charge in [0.05, 0.1) is 12.0 Å². The van der Waals surface area contributed by atoms with Gasteiger partial charge in [-0.05, 0) is 54.1 Å². The Bertz CT molecular complexity index is 1230. The molecule has 0 saturated heterocycles. The van der Waals surface area contributed by atoms with Gasteiger partial charge in [0.25, 0.3) is 5.91 Å². The maximum absolute atomic E-state index is 12.3. The third-order valence-corrected chi connectivity index (χ3v) is 5.84. The van der Waals surface area contributed by atoms with E-state index in [0.717, 1.165) is 21.3 Å². The first-order valence-electron chi connectivity index (χ1n) is 9.60. The number of aromatic hydroxyl groups is 1. The normalized spacial score (nSPS) is 11.0. The molecule has 7 nitrogen and oxygen atoms in total. The quantitative estimate of drug-likeness (QED) is 0.216. The van der Waals surface area contributed by atoms with Gasteiger partial charge in [-0.15, -0.1) is 10.2 Å². The summed E-state index contributed by atoms with van der Waals surface area (Å²) in [5.41, 5.74) is 5.09. The molecule has 1 aromatic heterocycles. The highest BCUT2D eigenvalue weighted by Gasteiger charge is 2.17. The van der Waals surface area contributed by atoms with Gasteiger partial charge in [-0.3, -0.25) is 9.36 Å². The molecule has 4 rings (SSSR count). The highest BCUT2D eigenvalue weighted by atomic mass is 79.9. The highest BCUT2D eigenvalue weighted by molar-refractivity contribution is 9.10. The minimum Gasteiger partial charge on any atom is -0.508 e. The van der Waals surface area contributed by atoms with Gasteiger partial charge in [0.1, 0.15) is 5.75 Å². The Hall–Kier alpha value is -3.43. The molecular formula is C23H18BrN5O2S. The van der Waals surface area contributed by atoms with Crippen LogP contribution in [-0.2, 0) is 4.79 Å². The van der Waals surface area contributed by atoms with Crippen LogP contribution >= 0.6 is 27.7 Å². The lowest BCUT2D eigenvalue weighted by atomic mass is 10.2. The van der Waals surface area contributed by atoms with Crippen LogP contribution in [0.1, 0.15) is 5.56 Å². The summed E-state index contributed by atoms with van der Waals surface area (Å²) in [6.45, 7) is 0. The summed E-state index contributed by atoms with van der Waals surface area (Å²) in [5, 5.41) is 22.6. The Morgan fingerprint density at radius 1 is 1.03 bits per heavy atom. The molecule has 4 aromatic rings.